The van der Waals surface area contributed by atoms with Gasteiger partial charge < -0.3 is 10.1 Å². The number of thiazole rings is 1. The number of benzene rings is 2. The fourth-order valence-electron chi connectivity index (χ4n) is 2.39. The van der Waals surface area contributed by atoms with E-state index in [1.165, 1.54) is 4.70 Å². The van der Waals surface area contributed by atoms with E-state index < -0.39 is 12.1 Å². The number of hydrogen-bond donors (Lipinski definition) is 1. The average molecular weight is 413 g/mol. The molecular weight excluding hydrogens is 392 g/mol. The third kappa shape index (κ3) is 5.21. The van der Waals surface area contributed by atoms with Gasteiger partial charge in [0.2, 0.25) is 0 Å². The minimum absolute atomic E-state index is 0.335. The largest absolute Gasteiger partial charge is 0.449 e. The predicted molar refractivity (Wildman–Crippen MR) is 114 cm³/mol. The van der Waals surface area contributed by atoms with Crippen LogP contribution in [0.25, 0.3) is 10.2 Å². The van der Waals surface area contributed by atoms with Crippen molar-refractivity contribution in [2.45, 2.75) is 23.1 Å². The lowest BCUT2D eigenvalue weighted by molar-refractivity contribution is -0.128. The lowest BCUT2D eigenvalue weighted by atomic mass is 10.1. The Labute approximate surface area is 171 Å². The van der Waals surface area contributed by atoms with Gasteiger partial charge in [0.15, 0.2) is 10.4 Å². The highest BCUT2D eigenvalue weighted by Crippen LogP contribution is 2.31. The maximum absolute atomic E-state index is 12.2. The van der Waals surface area contributed by atoms with Crippen LogP contribution in [0.3, 0.4) is 0 Å². The molecule has 0 aliphatic rings. The van der Waals surface area contributed by atoms with Crippen molar-refractivity contribution in [2.24, 2.45) is 0 Å². The number of carbonyl (C=O) groups excluding carboxylic acids is 2. The van der Waals surface area contributed by atoms with Gasteiger partial charge in [-0.15, -0.1) is 17.9 Å². The molecule has 0 unspecified atom stereocenters. The Morgan fingerprint density at radius 3 is 2.71 bits per heavy atom. The molecule has 1 N–H and O–H groups in total. The molecule has 28 heavy (non-hydrogen) atoms. The molecule has 7 heteroatoms. The van der Waals surface area contributed by atoms with Crippen LogP contribution in [0.15, 0.2) is 65.5 Å². The van der Waals surface area contributed by atoms with E-state index in [2.05, 4.69) is 22.9 Å². The summed E-state index contributed by atoms with van der Waals surface area (Å²) in [5.74, 6) is -0.112. The van der Waals surface area contributed by atoms with E-state index in [1.807, 2.05) is 30.3 Å². The predicted octanol–water partition coefficient (Wildman–Crippen LogP) is 4.44. The van der Waals surface area contributed by atoms with Crippen LogP contribution in [0.4, 0.5) is 0 Å². The molecule has 0 radical (unpaired) electrons. The lowest BCUT2D eigenvalue weighted by Crippen LogP contribution is -2.35. The van der Waals surface area contributed by atoms with E-state index in [1.54, 1.807) is 48.2 Å². The molecule has 1 atom stereocenters. The standard InChI is InChI=1S/C21H20N2O3S2/c1-3-12-22-19(24)14(2)26-20(25)16-10-8-15(9-11-16)13-27-21-23-17-6-4-5-7-18(17)28-21/h3-11,14H,1,12-13H2,2H3,(H,22,24)/t14-/m1/s1. The van der Waals surface area contributed by atoms with E-state index in [0.29, 0.717) is 12.1 Å². The van der Waals surface area contributed by atoms with Crippen molar-refractivity contribution in [3.8, 4) is 0 Å². The zero-order valence-electron chi connectivity index (χ0n) is 15.4. The first-order valence-electron chi connectivity index (χ1n) is 8.73. The molecule has 3 aromatic rings. The number of esters is 1. The van der Waals surface area contributed by atoms with Crippen molar-refractivity contribution in [1.29, 1.82) is 0 Å². The summed E-state index contributed by atoms with van der Waals surface area (Å²) in [5, 5.41) is 2.60. The van der Waals surface area contributed by atoms with E-state index in [4.69, 9.17) is 4.74 Å². The molecule has 5 nitrogen and oxygen atoms in total. The van der Waals surface area contributed by atoms with Crippen LogP contribution in [0.2, 0.25) is 0 Å². The summed E-state index contributed by atoms with van der Waals surface area (Å²) in [6, 6.07) is 15.3. The molecule has 1 amide bonds. The van der Waals surface area contributed by atoms with Crippen LogP contribution in [0.5, 0.6) is 0 Å². The quantitative estimate of drug-likeness (QED) is 0.337. The molecule has 3 rings (SSSR count). The summed E-state index contributed by atoms with van der Waals surface area (Å²) in [6.45, 7) is 5.40. The summed E-state index contributed by atoms with van der Waals surface area (Å²) >= 11 is 3.34. The van der Waals surface area contributed by atoms with Crippen LogP contribution in [0.1, 0.15) is 22.8 Å². The molecular formula is C21H20N2O3S2. The van der Waals surface area contributed by atoms with Crippen molar-refractivity contribution in [2.75, 3.05) is 6.54 Å². The molecule has 0 aliphatic carbocycles. The Morgan fingerprint density at radius 2 is 2.00 bits per heavy atom. The minimum Gasteiger partial charge on any atom is -0.449 e. The number of carbonyl (C=O) groups is 2. The van der Waals surface area contributed by atoms with Gasteiger partial charge in [-0.3, -0.25) is 4.79 Å². The number of nitrogens with zero attached hydrogens (tertiary/aromatic N) is 1. The molecule has 0 fully saturated rings. The first kappa shape index (κ1) is 20.1. The van der Waals surface area contributed by atoms with Crippen molar-refractivity contribution in [1.82, 2.24) is 10.3 Å². The number of hydrogen-bond acceptors (Lipinski definition) is 6. The summed E-state index contributed by atoms with van der Waals surface area (Å²) in [7, 11) is 0. The number of nitrogens with one attached hydrogen (secondary N) is 1. The van der Waals surface area contributed by atoms with Gasteiger partial charge in [0.25, 0.3) is 5.91 Å². The number of fused-ring (bicyclic) bond motifs is 1. The third-order valence-electron chi connectivity index (χ3n) is 3.90. The second kappa shape index (κ2) is 9.52. The van der Waals surface area contributed by atoms with Crippen molar-refractivity contribution < 1.29 is 14.3 Å². The number of para-hydroxylation sites is 1. The third-order valence-corrected chi connectivity index (χ3v) is 6.15. The van der Waals surface area contributed by atoms with Gasteiger partial charge in [-0.25, -0.2) is 9.78 Å². The van der Waals surface area contributed by atoms with Crippen LogP contribution in [0, 0.1) is 0 Å². The summed E-state index contributed by atoms with van der Waals surface area (Å²) in [4.78, 5) is 28.6. The highest BCUT2D eigenvalue weighted by molar-refractivity contribution is 8.00. The monoisotopic (exact) mass is 412 g/mol. The zero-order valence-corrected chi connectivity index (χ0v) is 17.0. The van der Waals surface area contributed by atoms with Gasteiger partial charge in [0.1, 0.15) is 0 Å². The Balaban J connectivity index is 1.54. The maximum atomic E-state index is 12.2. The Kier molecular flexibility index (Phi) is 6.84. The van der Waals surface area contributed by atoms with Gasteiger partial charge >= 0.3 is 5.97 Å². The second-order valence-electron chi connectivity index (χ2n) is 6.01. The van der Waals surface area contributed by atoms with Crippen LogP contribution < -0.4 is 5.32 Å². The molecule has 0 saturated carbocycles. The van der Waals surface area contributed by atoms with Crippen molar-refractivity contribution in [3.63, 3.8) is 0 Å². The lowest BCUT2D eigenvalue weighted by Gasteiger charge is -2.12. The zero-order chi connectivity index (χ0) is 19.9. The summed E-state index contributed by atoms with van der Waals surface area (Å²) in [6.07, 6.45) is 0.707. The van der Waals surface area contributed by atoms with E-state index in [9.17, 15) is 9.59 Å². The van der Waals surface area contributed by atoms with E-state index >= 15 is 0 Å². The van der Waals surface area contributed by atoms with Crippen LogP contribution in [-0.2, 0) is 15.3 Å². The van der Waals surface area contributed by atoms with Gasteiger partial charge in [0, 0.05) is 12.3 Å². The fraction of sp³-hybridized carbons (Fsp3) is 0.190. The number of aromatic nitrogens is 1. The minimum atomic E-state index is -0.860. The highest BCUT2D eigenvalue weighted by atomic mass is 32.2. The van der Waals surface area contributed by atoms with Crippen LogP contribution >= 0.6 is 23.1 Å². The summed E-state index contributed by atoms with van der Waals surface area (Å²) in [5.41, 5.74) is 2.51. The van der Waals surface area contributed by atoms with Gasteiger partial charge in [-0.05, 0) is 36.8 Å². The van der Waals surface area contributed by atoms with Crippen molar-refractivity contribution in [3.05, 3.63) is 72.3 Å². The number of thioether (sulfide) groups is 1. The van der Waals surface area contributed by atoms with E-state index in [0.717, 1.165) is 21.2 Å². The second-order valence-corrected chi connectivity index (χ2v) is 8.27. The molecule has 1 aromatic heterocycles. The van der Waals surface area contributed by atoms with Crippen LogP contribution in [-0.4, -0.2) is 29.5 Å². The normalized spacial score (nSPS) is 11.8. The highest BCUT2D eigenvalue weighted by Gasteiger charge is 2.18. The molecule has 144 valence electrons. The Morgan fingerprint density at radius 1 is 1.25 bits per heavy atom. The topological polar surface area (TPSA) is 68.3 Å². The van der Waals surface area contributed by atoms with Gasteiger partial charge in [0.05, 0.1) is 15.8 Å². The summed E-state index contributed by atoms with van der Waals surface area (Å²) < 4.78 is 7.39. The maximum Gasteiger partial charge on any atom is 0.338 e. The number of amides is 1. The molecule has 2 aromatic carbocycles. The first-order valence-corrected chi connectivity index (χ1v) is 10.5. The van der Waals surface area contributed by atoms with Crippen molar-refractivity contribution >= 4 is 45.2 Å². The molecule has 1 heterocycles. The van der Waals surface area contributed by atoms with Gasteiger partial charge in [-0.2, -0.15) is 0 Å². The SMILES string of the molecule is C=CCNC(=O)[C@@H](C)OC(=O)c1ccc(CSc2nc3ccccc3s2)cc1. The number of ether oxygens (including phenoxy) is 1. The Hall–Kier alpha value is -2.64. The molecule has 0 aliphatic heterocycles. The average Bonchev–Trinajstić information content (AvgIpc) is 3.13. The molecule has 0 spiro atoms. The fourth-order valence-corrected chi connectivity index (χ4v) is 4.42. The smallest absolute Gasteiger partial charge is 0.338 e. The molecule has 0 bridgehead atoms. The van der Waals surface area contributed by atoms with Gasteiger partial charge in [-0.1, -0.05) is 42.1 Å². The molecule has 0 saturated heterocycles. The Bertz CT molecular complexity index is 950. The van der Waals surface area contributed by atoms with E-state index in [-0.39, 0.29) is 5.91 Å². The number of rotatable bonds is 8. The first-order chi connectivity index (χ1) is 13.6.